The lowest BCUT2D eigenvalue weighted by Gasteiger charge is -2.13. The highest BCUT2D eigenvalue weighted by molar-refractivity contribution is 7.13. The van der Waals surface area contributed by atoms with Crippen molar-refractivity contribution in [1.82, 2.24) is 9.88 Å². The van der Waals surface area contributed by atoms with Gasteiger partial charge in [0.15, 0.2) is 11.5 Å². The third kappa shape index (κ3) is 5.44. The van der Waals surface area contributed by atoms with E-state index >= 15 is 0 Å². The molecule has 0 aliphatic heterocycles. The fourth-order valence-corrected chi connectivity index (χ4v) is 3.15. The van der Waals surface area contributed by atoms with Crippen LogP contribution in [0.1, 0.15) is 19.5 Å². The van der Waals surface area contributed by atoms with Crippen LogP contribution >= 0.6 is 11.3 Å². The molecule has 0 bridgehead atoms. The van der Waals surface area contributed by atoms with E-state index in [4.69, 9.17) is 14.2 Å². The van der Waals surface area contributed by atoms with Crippen LogP contribution in [0.2, 0.25) is 0 Å². The molecule has 136 valence electrons. The minimum atomic E-state index is -0.225. The molecule has 0 unspecified atom stereocenters. The fourth-order valence-electron chi connectivity index (χ4n) is 2.35. The Morgan fingerprint density at radius 3 is 2.72 bits per heavy atom. The Morgan fingerprint density at radius 2 is 2.04 bits per heavy atom. The van der Waals surface area contributed by atoms with Gasteiger partial charge in [0.1, 0.15) is 5.01 Å². The molecule has 1 heterocycles. The molecule has 0 saturated heterocycles. The summed E-state index contributed by atoms with van der Waals surface area (Å²) in [4.78, 5) is 18.1. The number of benzene rings is 1. The van der Waals surface area contributed by atoms with Gasteiger partial charge in [-0.1, -0.05) is 0 Å². The molecular formula is C18H24N2O4S. The number of nitrogens with zero attached hydrogens (tertiary/aromatic N) is 2. The van der Waals surface area contributed by atoms with Crippen LogP contribution < -0.4 is 9.47 Å². The molecule has 1 aromatic carbocycles. The zero-order valence-electron chi connectivity index (χ0n) is 15.1. The summed E-state index contributed by atoms with van der Waals surface area (Å²) in [6.45, 7) is 5.56. The van der Waals surface area contributed by atoms with Crippen molar-refractivity contribution in [2.75, 3.05) is 33.9 Å². The van der Waals surface area contributed by atoms with Gasteiger partial charge in [0.2, 0.25) is 0 Å². The Labute approximate surface area is 152 Å². The zero-order valence-corrected chi connectivity index (χ0v) is 15.9. The van der Waals surface area contributed by atoms with Crippen LogP contribution in [0.5, 0.6) is 11.5 Å². The molecule has 0 radical (unpaired) electrons. The van der Waals surface area contributed by atoms with E-state index in [0.29, 0.717) is 25.5 Å². The largest absolute Gasteiger partial charge is 0.493 e. The third-order valence-electron chi connectivity index (χ3n) is 3.40. The molecule has 6 nitrogen and oxygen atoms in total. The average Bonchev–Trinajstić information content (AvgIpc) is 3.03. The molecule has 0 aliphatic rings. The standard InChI is InChI=1S/C18H24N2O4S/c1-5-23-15-8-7-13(9-16(15)22-4)18-19-14(12-25-18)10-20(3)11-17(21)24-6-2/h7-9,12H,5-6,10-11H2,1-4H3. The van der Waals surface area contributed by atoms with Crippen LogP contribution in [-0.2, 0) is 16.1 Å². The highest BCUT2D eigenvalue weighted by Crippen LogP contribution is 2.33. The summed E-state index contributed by atoms with van der Waals surface area (Å²) in [5.74, 6) is 1.19. The number of thiazole rings is 1. The van der Waals surface area contributed by atoms with Crippen molar-refractivity contribution >= 4 is 17.3 Å². The van der Waals surface area contributed by atoms with E-state index in [0.717, 1.165) is 22.0 Å². The molecule has 25 heavy (non-hydrogen) atoms. The fraction of sp³-hybridized carbons (Fsp3) is 0.444. The molecule has 0 N–H and O–H groups in total. The summed E-state index contributed by atoms with van der Waals surface area (Å²) >= 11 is 1.56. The van der Waals surface area contributed by atoms with Crippen LogP contribution in [0.4, 0.5) is 0 Å². The maximum atomic E-state index is 11.5. The van der Waals surface area contributed by atoms with Crippen LogP contribution in [-0.4, -0.2) is 49.8 Å². The predicted octanol–water partition coefficient (Wildman–Crippen LogP) is 3.21. The van der Waals surface area contributed by atoms with E-state index in [-0.39, 0.29) is 12.5 Å². The van der Waals surface area contributed by atoms with E-state index in [1.54, 1.807) is 25.4 Å². The van der Waals surface area contributed by atoms with E-state index in [2.05, 4.69) is 4.98 Å². The molecule has 0 fully saturated rings. The maximum absolute atomic E-state index is 11.5. The molecule has 2 rings (SSSR count). The molecule has 7 heteroatoms. The zero-order chi connectivity index (χ0) is 18.2. The topological polar surface area (TPSA) is 60.9 Å². The number of hydrogen-bond acceptors (Lipinski definition) is 7. The second kappa shape index (κ2) is 9.39. The van der Waals surface area contributed by atoms with Gasteiger partial charge in [-0.2, -0.15) is 0 Å². The quantitative estimate of drug-likeness (QED) is 0.637. The normalized spacial score (nSPS) is 10.8. The highest BCUT2D eigenvalue weighted by atomic mass is 32.1. The summed E-state index contributed by atoms with van der Waals surface area (Å²) in [6, 6.07) is 5.79. The van der Waals surface area contributed by atoms with Gasteiger partial charge in [-0.25, -0.2) is 4.98 Å². The number of methoxy groups -OCH3 is 1. The maximum Gasteiger partial charge on any atom is 0.320 e. The second-order valence-electron chi connectivity index (χ2n) is 5.42. The number of likely N-dealkylation sites (N-methyl/N-ethyl adjacent to an activating group) is 1. The Bertz CT molecular complexity index is 702. The van der Waals surface area contributed by atoms with E-state index in [1.165, 1.54) is 0 Å². The lowest BCUT2D eigenvalue weighted by Crippen LogP contribution is -2.27. The molecule has 0 aliphatic carbocycles. The van der Waals surface area contributed by atoms with Crippen molar-refractivity contribution in [3.8, 4) is 22.1 Å². The van der Waals surface area contributed by atoms with Gasteiger partial charge in [0.25, 0.3) is 0 Å². The second-order valence-corrected chi connectivity index (χ2v) is 6.28. The summed E-state index contributed by atoms with van der Waals surface area (Å²) < 4.78 is 15.9. The number of aromatic nitrogens is 1. The summed E-state index contributed by atoms with van der Waals surface area (Å²) in [5.41, 5.74) is 1.89. The van der Waals surface area contributed by atoms with Gasteiger partial charge in [-0.15, -0.1) is 11.3 Å². The molecular weight excluding hydrogens is 340 g/mol. The number of rotatable bonds is 9. The first-order chi connectivity index (χ1) is 12.1. The molecule has 0 atom stereocenters. The predicted molar refractivity (Wildman–Crippen MR) is 98.2 cm³/mol. The summed E-state index contributed by atoms with van der Waals surface area (Å²) in [7, 11) is 3.50. The molecule has 2 aromatic rings. The van der Waals surface area contributed by atoms with Crippen LogP contribution in [0, 0.1) is 0 Å². The van der Waals surface area contributed by atoms with E-state index in [1.807, 2.05) is 42.5 Å². The van der Waals surface area contributed by atoms with Crippen molar-refractivity contribution in [3.05, 3.63) is 29.3 Å². The molecule has 0 spiro atoms. The van der Waals surface area contributed by atoms with E-state index < -0.39 is 0 Å². The SMILES string of the molecule is CCOC(=O)CN(C)Cc1csc(-c2ccc(OCC)c(OC)c2)n1. The number of carbonyl (C=O) groups is 1. The molecule has 0 amide bonds. The minimum Gasteiger partial charge on any atom is -0.493 e. The van der Waals surface area contributed by atoms with Crippen molar-refractivity contribution in [2.24, 2.45) is 0 Å². The van der Waals surface area contributed by atoms with Crippen molar-refractivity contribution in [3.63, 3.8) is 0 Å². The smallest absolute Gasteiger partial charge is 0.320 e. The van der Waals surface area contributed by atoms with Crippen molar-refractivity contribution < 1.29 is 19.0 Å². The number of carbonyl (C=O) groups excluding carboxylic acids is 1. The molecule has 1 aromatic heterocycles. The van der Waals surface area contributed by atoms with Crippen LogP contribution in [0.25, 0.3) is 10.6 Å². The first-order valence-corrected chi connectivity index (χ1v) is 9.05. The minimum absolute atomic E-state index is 0.225. The summed E-state index contributed by atoms with van der Waals surface area (Å²) in [6.07, 6.45) is 0. The van der Waals surface area contributed by atoms with Gasteiger partial charge in [-0.3, -0.25) is 9.69 Å². The Hall–Kier alpha value is -2.12. The number of esters is 1. The van der Waals surface area contributed by atoms with Crippen molar-refractivity contribution in [1.29, 1.82) is 0 Å². The Morgan fingerprint density at radius 1 is 1.24 bits per heavy atom. The lowest BCUT2D eigenvalue weighted by molar-refractivity contribution is -0.144. The monoisotopic (exact) mass is 364 g/mol. The third-order valence-corrected chi connectivity index (χ3v) is 4.34. The number of ether oxygens (including phenoxy) is 3. The van der Waals surface area contributed by atoms with Crippen LogP contribution in [0.3, 0.4) is 0 Å². The van der Waals surface area contributed by atoms with Gasteiger partial charge < -0.3 is 14.2 Å². The Kier molecular flexibility index (Phi) is 7.21. The molecule has 0 saturated carbocycles. The van der Waals surface area contributed by atoms with Gasteiger partial charge in [0, 0.05) is 17.5 Å². The van der Waals surface area contributed by atoms with Crippen molar-refractivity contribution in [2.45, 2.75) is 20.4 Å². The average molecular weight is 364 g/mol. The first kappa shape index (κ1) is 19.2. The van der Waals surface area contributed by atoms with Gasteiger partial charge in [0.05, 0.1) is 32.6 Å². The van der Waals surface area contributed by atoms with E-state index in [9.17, 15) is 4.79 Å². The van der Waals surface area contributed by atoms with Gasteiger partial charge in [-0.05, 0) is 39.1 Å². The number of hydrogen-bond donors (Lipinski definition) is 0. The van der Waals surface area contributed by atoms with Crippen LogP contribution in [0.15, 0.2) is 23.6 Å². The first-order valence-electron chi connectivity index (χ1n) is 8.17. The lowest BCUT2D eigenvalue weighted by atomic mass is 10.2. The van der Waals surface area contributed by atoms with Gasteiger partial charge >= 0.3 is 5.97 Å². The Balaban J connectivity index is 2.06. The summed E-state index contributed by atoms with van der Waals surface area (Å²) in [5, 5.41) is 2.90. The highest BCUT2D eigenvalue weighted by Gasteiger charge is 2.12.